The van der Waals surface area contributed by atoms with Crippen LogP contribution in [0.4, 0.5) is 0 Å². The van der Waals surface area contributed by atoms with Crippen molar-refractivity contribution < 1.29 is 14.6 Å². The molecule has 0 aromatic carbocycles. The van der Waals surface area contributed by atoms with E-state index in [2.05, 4.69) is 22.5 Å². The number of ether oxygens (including phenoxy) is 1. The number of alkyl halides is 1. The molecule has 0 aliphatic carbocycles. The van der Waals surface area contributed by atoms with Crippen molar-refractivity contribution >= 4 is 21.9 Å². The molecule has 4 nitrogen and oxygen atoms in total. The smallest absolute Gasteiger partial charge is 0.333 e. The summed E-state index contributed by atoms with van der Waals surface area (Å²) in [4.78, 5) is 12.7. The molecule has 0 saturated heterocycles. The minimum absolute atomic E-state index is 0.313. The summed E-state index contributed by atoms with van der Waals surface area (Å²) in [6, 6.07) is 0. The normalized spacial score (nSPS) is 11.4. The summed E-state index contributed by atoms with van der Waals surface area (Å²) in [5.74, 6) is -0.313. The summed E-state index contributed by atoms with van der Waals surface area (Å²) < 4.78 is 4.83. The van der Waals surface area contributed by atoms with Crippen molar-refractivity contribution in [2.45, 2.75) is 18.9 Å². The minimum Gasteiger partial charge on any atom is -0.461 e. The Morgan fingerprint density at radius 1 is 1.60 bits per heavy atom. The maximum Gasteiger partial charge on any atom is 0.333 e. The first kappa shape index (κ1) is 17.0. The van der Waals surface area contributed by atoms with E-state index in [4.69, 9.17) is 9.84 Å². The summed E-state index contributed by atoms with van der Waals surface area (Å²) in [7, 11) is 3.85. The van der Waals surface area contributed by atoms with Crippen molar-refractivity contribution in [2.75, 3.05) is 27.2 Å². The van der Waals surface area contributed by atoms with Crippen molar-refractivity contribution in [3.05, 3.63) is 12.2 Å². The SMILES string of the molecule is C=C(C)C(=O)OCCN(C)C.CC(O)Br. The first-order valence-corrected chi connectivity index (χ1v) is 5.48. The van der Waals surface area contributed by atoms with Crippen molar-refractivity contribution in [1.29, 1.82) is 0 Å². The first-order valence-electron chi connectivity index (χ1n) is 4.56. The van der Waals surface area contributed by atoms with E-state index in [9.17, 15) is 4.79 Å². The number of likely N-dealkylation sites (N-methyl/N-ethyl adjacent to an activating group) is 1. The van der Waals surface area contributed by atoms with Crippen LogP contribution in [0, 0.1) is 0 Å². The molecular formula is C10H20BrNO3. The van der Waals surface area contributed by atoms with Crippen LogP contribution in [0.25, 0.3) is 0 Å². The van der Waals surface area contributed by atoms with Gasteiger partial charge < -0.3 is 14.7 Å². The zero-order chi connectivity index (χ0) is 12.4. The number of esters is 1. The molecule has 0 heterocycles. The van der Waals surface area contributed by atoms with E-state index in [0.29, 0.717) is 12.2 Å². The van der Waals surface area contributed by atoms with Crippen LogP contribution in [-0.2, 0) is 9.53 Å². The highest BCUT2D eigenvalue weighted by molar-refractivity contribution is 9.09. The fourth-order valence-electron chi connectivity index (χ4n) is 0.444. The monoisotopic (exact) mass is 281 g/mol. The molecule has 0 rings (SSSR count). The van der Waals surface area contributed by atoms with Crippen LogP contribution < -0.4 is 0 Å². The maximum atomic E-state index is 10.8. The Hall–Kier alpha value is -0.390. The summed E-state index contributed by atoms with van der Waals surface area (Å²) in [5.41, 5.74) is 0.448. The van der Waals surface area contributed by atoms with Gasteiger partial charge in [0.25, 0.3) is 0 Å². The lowest BCUT2D eigenvalue weighted by molar-refractivity contribution is -0.139. The van der Waals surface area contributed by atoms with E-state index < -0.39 is 0 Å². The molecule has 5 heteroatoms. The van der Waals surface area contributed by atoms with Crippen molar-refractivity contribution in [2.24, 2.45) is 0 Å². The molecule has 0 aliphatic rings. The number of carbonyl (C=O) groups is 1. The van der Waals surface area contributed by atoms with Gasteiger partial charge in [-0.3, -0.25) is 0 Å². The Kier molecular flexibility index (Phi) is 11.5. The van der Waals surface area contributed by atoms with Gasteiger partial charge in [-0.2, -0.15) is 0 Å². The van der Waals surface area contributed by atoms with Gasteiger partial charge in [-0.05, 0) is 27.9 Å². The molecule has 90 valence electrons. The number of rotatable bonds is 4. The number of aliphatic hydroxyl groups is 1. The standard InChI is InChI=1S/C8H15NO2.C2H5BrO/c1-7(2)8(10)11-6-5-9(3)4;1-2(3)4/h1,5-6H2,2-4H3;2,4H,1H3. The van der Waals surface area contributed by atoms with Crippen LogP contribution >= 0.6 is 15.9 Å². The number of nitrogens with zero attached hydrogens (tertiary/aromatic N) is 1. The third kappa shape index (κ3) is 19.9. The molecule has 0 bridgehead atoms. The topological polar surface area (TPSA) is 49.8 Å². The number of hydrogen-bond acceptors (Lipinski definition) is 4. The van der Waals surface area contributed by atoms with Gasteiger partial charge >= 0.3 is 5.97 Å². The van der Waals surface area contributed by atoms with Crippen LogP contribution in [0.15, 0.2) is 12.2 Å². The number of aliphatic hydroxyl groups excluding tert-OH is 1. The fourth-order valence-corrected chi connectivity index (χ4v) is 0.444. The Balaban J connectivity index is 0. The number of halogens is 1. The zero-order valence-electron chi connectivity index (χ0n) is 9.79. The highest BCUT2D eigenvalue weighted by atomic mass is 79.9. The average molecular weight is 282 g/mol. The van der Waals surface area contributed by atoms with Crippen molar-refractivity contribution in [3.63, 3.8) is 0 Å². The molecule has 1 atom stereocenters. The van der Waals surface area contributed by atoms with Gasteiger partial charge in [0, 0.05) is 12.1 Å². The maximum absolute atomic E-state index is 10.8. The Morgan fingerprint density at radius 2 is 2.00 bits per heavy atom. The van der Waals surface area contributed by atoms with Gasteiger partial charge in [0.05, 0.1) is 0 Å². The molecular weight excluding hydrogens is 262 g/mol. The van der Waals surface area contributed by atoms with E-state index in [1.807, 2.05) is 19.0 Å². The molecule has 1 unspecified atom stereocenters. The molecule has 1 N–H and O–H groups in total. The van der Waals surface area contributed by atoms with E-state index in [-0.39, 0.29) is 11.0 Å². The summed E-state index contributed by atoms with van der Waals surface area (Å²) in [5, 5.41) is 7.62. The van der Waals surface area contributed by atoms with E-state index in [1.165, 1.54) is 0 Å². The second kappa shape index (κ2) is 10.1. The second-order valence-electron chi connectivity index (χ2n) is 3.29. The highest BCUT2D eigenvalue weighted by Crippen LogP contribution is 1.91. The lowest BCUT2D eigenvalue weighted by Crippen LogP contribution is -2.20. The lowest BCUT2D eigenvalue weighted by Gasteiger charge is -2.09. The van der Waals surface area contributed by atoms with Crippen LogP contribution in [0.3, 0.4) is 0 Å². The molecule has 15 heavy (non-hydrogen) atoms. The van der Waals surface area contributed by atoms with Gasteiger partial charge in [-0.1, -0.05) is 22.5 Å². The van der Waals surface area contributed by atoms with Crippen LogP contribution in [0.2, 0.25) is 0 Å². The third-order valence-corrected chi connectivity index (χ3v) is 1.12. The predicted molar refractivity (Wildman–Crippen MR) is 64.9 cm³/mol. The zero-order valence-corrected chi connectivity index (χ0v) is 11.4. The van der Waals surface area contributed by atoms with Crippen LogP contribution in [0.5, 0.6) is 0 Å². The van der Waals surface area contributed by atoms with E-state index >= 15 is 0 Å². The molecule has 0 amide bonds. The molecule has 0 aliphatic heterocycles. The van der Waals surface area contributed by atoms with Gasteiger partial charge in [0.1, 0.15) is 11.6 Å². The molecule has 0 fully saturated rings. The van der Waals surface area contributed by atoms with Gasteiger partial charge in [-0.25, -0.2) is 4.79 Å². The summed E-state index contributed by atoms with van der Waals surface area (Å²) in [6.07, 6.45) is 0. The largest absolute Gasteiger partial charge is 0.461 e. The van der Waals surface area contributed by atoms with E-state index in [1.54, 1.807) is 13.8 Å². The predicted octanol–water partition coefficient (Wildman–Crippen LogP) is 1.39. The summed E-state index contributed by atoms with van der Waals surface area (Å²) in [6.45, 7) is 7.92. The van der Waals surface area contributed by atoms with Gasteiger partial charge in [0.15, 0.2) is 0 Å². The molecule has 0 spiro atoms. The quantitative estimate of drug-likeness (QED) is 0.481. The van der Waals surface area contributed by atoms with Crippen LogP contribution in [-0.4, -0.2) is 48.2 Å². The highest BCUT2D eigenvalue weighted by Gasteiger charge is 2.01. The molecule has 0 aromatic rings. The van der Waals surface area contributed by atoms with E-state index in [0.717, 1.165) is 6.54 Å². The third-order valence-electron chi connectivity index (χ3n) is 1.12. The Morgan fingerprint density at radius 3 is 2.27 bits per heavy atom. The average Bonchev–Trinajstić information content (AvgIpc) is 2.01. The Labute approximate surface area is 100 Å². The Bertz CT molecular complexity index is 190. The minimum atomic E-state index is -0.354. The number of hydrogen-bond donors (Lipinski definition) is 1. The molecule has 0 radical (unpaired) electrons. The van der Waals surface area contributed by atoms with Gasteiger partial charge in [-0.15, -0.1) is 0 Å². The van der Waals surface area contributed by atoms with Gasteiger partial charge in [0.2, 0.25) is 0 Å². The molecule has 0 aromatic heterocycles. The first-order chi connectivity index (χ1) is 6.77. The van der Waals surface area contributed by atoms with Crippen molar-refractivity contribution in [1.82, 2.24) is 4.90 Å². The fraction of sp³-hybridized carbons (Fsp3) is 0.700. The molecule has 0 saturated carbocycles. The van der Waals surface area contributed by atoms with Crippen molar-refractivity contribution in [3.8, 4) is 0 Å². The summed E-state index contributed by atoms with van der Waals surface area (Å²) >= 11 is 2.83. The lowest BCUT2D eigenvalue weighted by atomic mass is 10.4. The second-order valence-corrected chi connectivity index (χ2v) is 4.62. The number of carbonyl (C=O) groups excluding carboxylic acids is 1. The van der Waals surface area contributed by atoms with Crippen LogP contribution in [0.1, 0.15) is 13.8 Å².